The van der Waals surface area contributed by atoms with Gasteiger partial charge in [0.2, 0.25) is 0 Å². The van der Waals surface area contributed by atoms with E-state index in [1.807, 2.05) is 36.0 Å². The van der Waals surface area contributed by atoms with E-state index in [4.69, 9.17) is 11.6 Å². The Kier molecular flexibility index (Phi) is 5.26. The van der Waals surface area contributed by atoms with Crippen LogP contribution in [0, 0.1) is 0 Å². The third kappa shape index (κ3) is 3.65. The van der Waals surface area contributed by atoms with Gasteiger partial charge in [-0.15, -0.1) is 0 Å². The van der Waals surface area contributed by atoms with Crippen LogP contribution in [-0.2, 0) is 7.05 Å². The number of carbonyl (C=O) groups is 1. The van der Waals surface area contributed by atoms with Crippen molar-refractivity contribution in [2.75, 3.05) is 18.8 Å². The molecule has 0 spiro atoms. The van der Waals surface area contributed by atoms with Crippen molar-refractivity contribution < 1.29 is 4.79 Å². The quantitative estimate of drug-likeness (QED) is 0.823. The van der Waals surface area contributed by atoms with Crippen LogP contribution in [0.2, 0.25) is 5.02 Å². The summed E-state index contributed by atoms with van der Waals surface area (Å²) in [6.07, 6.45) is 0.839. The Morgan fingerprint density at radius 1 is 1.25 bits per heavy atom. The van der Waals surface area contributed by atoms with Crippen LogP contribution in [0.1, 0.15) is 27.7 Å². The Morgan fingerprint density at radius 2 is 2.04 bits per heavy atom. The van der Waals surface area contributed by atoms with Crippen molar-refractivity contribution in [3.63, 3.8) is 0 Å². The van der Waals surface area contributed by atoms with Crippen LogP contribution in [-0.4, -0.2) is 39.4 Å². The van der Waals surface area contributed by atoms with Gasteiger partial charge in [0, 0.05) is 42.2 Å². The summed E-state index contributed by atoms with van der Waals surface area (Å²) in [5.41, 5.74) is 1.20. The molecule has 0 aliphatic carbocycles. The molecule has 1 aromatic heterocycles. The number of benzene rings is 1. The zero-order valence-corrected chi connectivity index (χ0v) is 14.9. The third-order valence-electron chi connectivity index (χ3n) is 4.06. The van der Waals surface area contributed by atoms with Crippen LogP contribution < -0.4 is 5.56 Å². The summed E-state index contributed by atoms with van der Waals surface area (Å²) in [5.74, 6) is 0.707. The highest BCUT2D eigenvalue weighted by Gasteiger charge is 2.24. The molecule has 0 radical (unpaired) electrons. The summed E-state index contributed by atoms with van der Waals surface area (Å²) in [6.45, 7) is 1.31. The molecule has 1 amide bonds. The second-order valence-electron chi connectivity index (χ2n) is 5.64. The van der Waals surface area contributed by atoms with Gasteiger partial charge in [-0.05, 0) is 24.1 Å². The molecule has 2 aromatic rings. The smallest absolute Gasteiger partial charge is 0.274 e. The molecule has 0 N–H and O–H groups in total. The molecule has 0 saturated carbocycles. The molecule has 3 rings (SSSR count). The van der Waals surface area contributed by atoms with E-state index >= 15 is 0 Å². The summed E-state index contributed by atoms with van der Waals surface area (Å²) in [5, 5.41) is 5.11. The predicted octanol–water partition coefficient (Wildman–Crippen LogP) is 2.75. The van der Waals surface area contributed by atoms with Crippen LogP contribution in [0.4, 0.5) is 0 Å². The molecule has 7 heteroatoms. The van der Waals surface area contributed by atoms with E-state index in [1.165, 1.54) is 16.8 Å². The van der Waals surface area contributed by atoms with Crippen LogP contribution in [0.5, 0.6) is 0 Å². The summed E-state index contributed by atoms with van der Waals surface area (Å²) < 4.78 is 1.19. The lowest BCUT2D eigenvalue weighted by atomic mass is 10.1. The Morgan fingerprint density at radius 3 is 2.79 bits per heavy atom. The first-order valence-electron chi connectivity index (χ1n) is 7.76. The van der Waals surface area contributed by atoms with Crippen LogP contribution in [0.15, 0.2) is 41.2 Å². The number of hydrogen-bond donors (Lipinski definition) is 0. The zero-order chi connectivity index (χ0) is 17.1. The molecule has 1 saturated heterocycles. The van der Waals surface area contributed by atoms with E-state index in [0.717, 1.165) is 22.8 Å². The van der Waals surface area contributed by atoms with Crippen molar-refractivity contribution in [3.05, 3.63) is 63.0 Å². The van der Waals surface area contributed by atoms with Crippen molar-refractivity contribution >= 4 is 29.3 Å². The number of halogens is 1. The van der Waals surface area contributed by atoms with Gasteiger partial charge >= 0.3 is 0 Å². The summed E-state index contributed by atoms with van der Waals surface area (Å²) in [6, 6.07) is 10.7. The molecule has 1 atom stereocenters. The van der Waals surface area contributed by atoms with Crippen molar-refractivity contribution in [3.8, 4) is 0 Å². The molecule has 24 heavy (non-hydrogen) atoms. The average Bonchev–Trinajstić information content (AvgIpc) is 2.83. The van der Waals surface area contributed by atoms with Gasteiger partial charge in [-0.2, -0.15) is 16.9 Å². The molecule has 1 aliphatic heterocycles. The fraction of sp³-hybridized carbons (Fsp3) is 0.353. The number of aryl methyl sites for hydroxylation is 1. The van der Waals surface area contributed by atoms with Gasteiger partial charge in [0.1, 0.15) is 5.69 Å². The number of hydrogen-bond acceptors (Lipinski definition) is 4. The standard InChI is InChI=1S/C17H18ClN3O2S/c1-20-16(22)7-6-14(19-20)17(23)21-9-8-15(24-11-10-21)12-4-2-3-5-13(12)18/h2-7,15H,8-11H2,1H3. The number of amides is 1. The number of nitrogens with zero attached hydrogens (tertiary/aromatic N) is 3. The summed E-state index contributed by atoms with van der Waals surface area (Å²) in [7, 11) is 1.55. The molecule has 1 fully saturated rings. The van der Waals surface area contributed by atoms with E-state index in [1.54, 1.807) is 11.9 Å². The fourth-order valence-corrected chi connectivity index (χ4v) is 4.34. The minimum absolute atomic E-state index is 0.133. The maximum absolute atomic E-state index is 12.6. The second-order valence-corrected chi connectivity index (χ2v) is 7.36. The highest BCUT2D eigenvalue weighted by atomic mass is 35.5. The number of rotatable bonds is 2. The van der Waals surface area contributed by atoms with Gasteiger partial charge in [-0.1, -0.05) is 29.8 Å². The van der Waals surface area contributed by atoms with E-state index in [2.05, 4.69) is 5.10 Å². The fourth-order valence-electron chi connectivity index (χ4n) is 2.74. The van der Waals surface area contributed by atoms with Gasteiger partial charge in [-0.3, -0.25) is 9.59 Å². The lowest BCUT2D eigenvalue weighted by Crippen LogP contribution is -2.35. The first-order valence-corrected chi connectivity index (χ1v) is 9.18. The first kappa shape index (κ1) is 17.0. The molecule has 2 heterocycles. The summed E-state index contributed by atoms with van der Waals surface area (Å²) in [4.78, 5) is 25.9. The largest absolute Gasteiger partial charge is 0.336 e. The monoisotopic (exact) mass is 363 g/mol. The van der Waals surface area contributed by atoms with E-state index < -0.39 is 0 Å². The maximum Gasteiger partial charge on any atom is 0.274 e. The molecule has 1 aliphatic rings. The topological polar surface area (TPSA) is 55.2 Å². The minimum atomic E-state index is -0.225. The van der Waals surface area contributed by atoms with E-state index in [0.29, 0.717) is 18.8 Å². The Bertz CT molecular complexity index is 808. The Hall–Kier alpha value is -1.79. The van der Waals surface area contributed by atoms with Crippen LogP contribution in [0.25, 0.3) is 0 Å². The maximum atomic E-state index is 12.6. The van der Waals surface area contributed by atoms with Gasteiger partial charge in [0.15, 0.2) is 0 Å². The predicted molar refractivity (Wildman–Crippen MR) is 96.6 cm³/mol. The lowest BCUT2D eigenvalue weighted by molar-refractivity contribution is 0.0758. The van der Waals surface area contributed by atoms with Gasteiger partial charge in [-0.25, -0.2) is 4.68 Å². The molecule has 5 nitrogen and oxygen atoms in total. The molecule has 0 bridgehead atoms. The molecule has 126 valence electrons. The van der Waals surface area contributed by atoms with Gasteiger partial charge in [0.25, 0.3) is 11.5 Å². The zero-order valence-electron chi connectivity index (χ0n) is 13.3. The minimum Gasteiger partial charge on any atom is -0.336 e. The number of carbonyl (C=O) groups excluding carboxylic acids is 1. The highest BCUT2D eigenvalue weighted by molar-refractivity contribution is 7.99. The number of thioether (sulfide) groups is 1. The average molecular weight is 364 g/mol. The van der Waals surface area contributed by atoms with Crippen LogP contribution in [0.3, 0.4) is 0 Å². The lowest BCUT2D eigenvalue weighted by Gasteiger charge is -2.20. The summed E-state index contributed by atoms with van der Waals surface area (Å²) >= 11 is 8.12. The highest BCUT2D eigenvalue weighted by Crippen LogP contribution is 2.37. The Balaban J connectivity index is 1.73. The molecular formula is C17H18ClN3O2S. The Labute approximate surface area is 149 Å². The van der Waals surface area contributed by atoms with Gasteiger partial charge < -0.3 is 4.90 Å². The number of aromatic nitrogens is 2. The van der Waals surface area contributed by atoms with Crippen molar-refractivity contribution in [1.29, 1.82) is 0 Å². The van der Waals surface area contributed by atoms with Crippen molar-refractivity contribution in [1.82, 2.24) is 14.7 Å². The molecule has 1 unspecified atom stereocenters. The molecule has 1 aromatic carbocycles. The van der Waals surface area contributed by atoms with E-state index in [-0.39, 0.29) is 16.7 Å². The first-order chi connectivity index (χ1) is 11.6. The van der Waals surface area contributed by atoms with Gasteiger partial charge in [0.05, 0.1) is 0 Å². The van der Waals surface area contributed by atoms with Crippen molar-refractivity contribution in [2.45, 2.75) is 11.7 Å². The van der Waals surface area contributed by atoms with E-state index in [9.17, 15) is 9.59 Å². The van der Waals surface area contributed by atoms with Crippen molar-refractivity contribution in [2.24, 2.45) is 7.05 Å². The normalized spacial score (nSPS) is 18.2. The SMILES string of the molecule is Cn1nc(C(=O)N2CCSC(c3ccccc3Cl)CC2)ccc1=O. The molecular weight excluding hydrogens is 346 g/mol. The second kappa shape index (κ2) is 7.40. The van der Waals surface area contributed by atoms with Crippen LogP contribution >= 0.6 is 23.4 Å². The third-order valence-corrected chi connectivity index (χ3v) is 5.71.